The van der Waals surface area contributed by atoms with Crippen LogP contribution in [0.2, 0.25) is 0 Å². The lowest BCUT2D eigenvalue weighted by atomic mass is 10.1. The summed E-state index contributed by atoms with van der Waals surface area (Å²) in [5.74, 6) is 0. The Bertz CT molecular complexity index is 411. The molecule has 1 aromatic carbocycles. The number of nitrogens with two attached hydrogens (primary N) is 1. The molecule has 0 spiro atoms. The second kappa shape index (κ2) is 4.57. The zero-order valence-corrected chi connectivity index (χ0v) is 10.3. The summed E-state index contributed by atoms with van der Waals surface area (Å²) in [6.07, 6.45) is 0. The van der Waals surface area contributed by atoms with E-state index in [2.05, 4.69) is 4.98 Å². The van der Waals surface area contributed by atoms with Gasteiger partial charge in [-0.1, -0.05) is 30.3 Å². The number of hydrogen-bond acceptors (Lipinski definition) is 3. The number of aromatic nitrogens is 1. The lowest BCUT2D eigenvalue weighted by molar-refractivity contribution is 1.38. The van der Waals surface area contributed by atoms with Gasteiger partial charge >= 0.3 is 0 Å². The van der Waals surface area contributed by atoms with Crippen LogP contribution in [-0.2, 0) is 0 Å². The van der Waals surface area contributed by atoms with Crippen LogP contribution in [0.3, 0.4) is 0 Å². The molecular formula is C10H11BrN2S. The third kappa shape index (κ3) is 2.13. The molecule has 0 radical (unpaired) electrons. The Balaban J connectivity index is 0.000000980. The zero-order chi connectivity index (χ0) is 9.26. The Labute approximate surface area is 97.6 Å². The number of anilines is 1. The highest BCUT2D eigenvalue weighted by Crippen LogP contribution is 2.28. The third-order valence-corrected chi connectivity index (χ3v) is 2.66. The maximum Gasteiger partial charge on any atom is 0.180 e. The Morgan fingerprint density at radius 1 is 1.21 bits per heavy atom. The Morgan fingerprint density at radius 3 is 2.36 bits per heavy atom. The largest absolute Gasteiger partial charge is 0.375 e. The van der Waals surface area contributed by atoms with Crippen molar-refractivity contribution in [2.45, 2.75) is 6.92 Å². The van der Waals surface area contributed by atoms with E-state index in [1.807, 2.05) is 37.3 Å². The van der Waals surface area contributed by atoms with Crippen molar-refractivity contribution in [3.8, 4) is 11.3 Å². The zero-order valence-electron chi connectivity index (χ0n) is 7.73. The molecule has 1 heterocycles. The van der Waals surface area contributed by atoms with E-state index >= 15 is 0 Å². The van der Waals surface area contributed by atoms with Gasteiger partial charge < -0.3 is 5.73 Å². The highest BCUT2D eigenvalue weighted by Gasteiger charge is 2.06. The molecule has 0 aliphatic heterocycles. The molecule has 14 heavy (non-hydrogen) atoms. The molecule has 2 rings (SSSR count). The molecule has 0 amide bonds. The van der Waals surface area contributed by atoms with E-state index in [1.165, 1.54) is 16.2 Å². The Morgan fingerprint density at radius 2 is 1.86 bits per heavy atom. The van der Waals surface area contributed by atoms with Crippen molar-refractivity contribution in [3.05, 3.63) is 35.2 Å². The average Bonchev–Trinajstić information content (AvgIpc) is 2.47. The van der Waals surface area contributed by atoms with Crippen molar-refractivity contribution in [2.24, 2.45) is 0 Å². The maximum atomic E-state index is 5.62. The lowest BCUT2D eigenvalue weighted by Gasteiger charge is -1.96. The van der Waals surface area contributed by atoms with Gasteiger partial charge in [0, 0.05) is 10.4 Å². The fourth-order valence-corrected chi connectivity index (χ4v) is 1.99. The summed E-state index contributed by atoms with van der Waals surface area (Å²) in [5.41, 5.74) is 7.76. The fraction of sp³-hybridized carbons (Fsp3) is 0.100. The SMILES string of the molecule is Br.Cc1sc(N)nc1-c1ccccc1. The summed E-state index contributed by atoms with van der Waals surface area (Å²) in [6, 6.07) is 10.1. The van der Waals surface area contributed by atoms with Gasteiger partial charge in [0.2, 0.25) is 0 Å². The number of halogens is 1. The number of hydrogen-bond donors (Lipinski definition) is 1. The van der Waals surface area contributed by atoms with Crippen LogP contribution in [-0.4, -0.2) is 4.98 Å². The molecule has 2 N–H and O–H groups in total. The van der Waals surface area contributed by atoms with Gasteiger partial charge in [-0.3, -0.25) is 0 Å². The van der Waals surface area contributed by atoms with E-state index in [0.29, 0.717) is 5.13 Å². The van der Waals surface area contributed by atoms with Crippen molar-refractivity contribution in [3.63, 3.8) is 0 Å². The molecule has 0 saturated carbocycles. The minimum Gasteiger partial charge on any atom is -0.375 e. The first-order valence-electron chi connectivity index (χ1n) is 4.05. The van der Waals surface area contributed by atoms with Gasteiger partial charge in [-0.05, 0) is 6.92 Å². The van der Waals surface area contributed by atoms with Crippen LogP contribution in [0.4, 0.5) is 5.13 Å². The molecule has 0 fully saturated rings. The highest BCUT2D eigenvalue weighted by molar-refractivity contribution is 8.93. The third-order valence-electron chi connectivity index (χ3n) is 1.86. The predicted molar refractivity (Wildman–Crippen MR) is 67.0 cm³/mol. The van der Waals surface area contributed by atoms with Crippen molar-refractivity contribution in [1.82, 2.24) is 4.98 Å². The first-order chi connectivity index (χ1) is 6.27. The quantitative estimate of drug-likeness (QED) is 0.864. The molecule has 0 saturated heterocycles. The van der Waals surface area contributed by atoms with E-state index < -0.39 is 0 Å². The predicted octanol–water partition coefficient (Wildman–Crippen LogP) is 3.28. The topological polar surface area (TPSA) is 38.9 Å². The molecule has 0 aliphatic rings. The molecule has 74 valence electrons. The first-order valence-corrected chi connectivity index (χ1v) is 4.87. The summed E-state index contributed by atoms with van der Waals surface area (Å²) in [5, 5.41) is 0.636. The minimum absolute atomic E-state index is 0. The Kier molecular flexibility index (Phi) is 3.66. The highest BCUT2D eigenvalue weighted by atomic mass is 79.9. The van der Waals surface area contributed by atoms with Crippen LogP contribution in [0, 0.1) is 6.92 Å². The van der Waals surface area contributed by atoms with E-state index in [0.717, 1.165) is 11.3 Å². The molecule has 2 nitrogen and oxygen atoms in total. The monoisotopic (exact) mass is 270 g/mol. The van der Waals surface area contributed by atoms with Gasteiger partial charge in [-0.2, -0.15) is 0 Å². The lowest BCUT2D eigenvalue weighted by Crippen LogP contribution is -1.83. The molecular weight excluding hydrogens is 260 g/mol. The van der Waals surface area contributed by atoms with E-state index in [4.69, 9.17) is 5.73 Å². The van der Waals surface area contributed by atoms with Crippen LogP contribution < -0.4 is 5.73 Å². The number of rotatable bonds is 1. The van der Waals surface area contributed by atoms with E-state index in [1.54, 1.807) is 0 Å². The molecule has 4 heteroatoms. The van der Waals surface area contributed by atoms with Gasteiger partial charge in [-0.25, -0.2) is 4.98 Å². The van der Waals surface area contributed by atoms with Crippen molar-refractivity contribution in [1.29, 1.82) is 0 Å². The summed E-state index contributed by atoms with van der Waals surface area (Å²) < 4.78 is 0. The van der Waals surface area contributed by atoms with E-state index in [-0.39, 0.29) is 17.0 Å². The van der Waals surface area contributed by atoms with E-state index in [9.17, 15) is 0 Å². The Hall–Kier alpha value is -0.870. The van der Waals surface area contributed by atoms with Gasteiger partial charge in [-0.15, -0.1) is 28.3 Å². The normalized spacial score (nSPS) is 9.50. The van der Waals surface area contributed by atoms with Gasteiger partial charge in [0.1, 0.15) is 0 Å². The number of aryl methyl sites for hydroxylation is 1. The second-order valence-corrected chi connectivity index (χ2v) is 4.06. The summed E-state index contributed by atoms with van der Waals surface area (Å²) >= 11 is 1.53. The number of benzene rings is 1. The van der Waals surface area contributed by atoms with Crippen LogP contribution in [0.5, 0.6) is 0 Å². The van der Waals surface area contributed by atoms with Crippen LogP contribution in [0.15, 0.2) is 30.3 Å². The van der Waals surface area contributed by atoms with Gasteiger partial charge in [0.25, 0.3) is 0 Å². The van der Waals surface area contributed by atoms with Gasteiger partial charge in [0.15, 0.2) is 5.13 Å². The summed E-state index contributed by atoms with van der Waals surface area (Å²) in [6.45, 7) is 2.04. The molecule has 0 atom stereocenters. The van der Waals surface area contributed by atoms with Crippen molar-refractivity contribution >= 4 is 33.4 Å². The molecule has 0 bridgehead atoms. The van der Waals surface area contributed by atoms with Crippen molar-refractivity contribution < 1.29 is 0 Å². The fourth-order valence-electron chi connectivity index (χ4n) is 1.28. The second-order valence-electron chi connectivity index (χ2n) is 2.82. The van der Waals surface area contributed by atoms with Gasteiger partial charge in [0.05, 0.1) is 5.69 Å². The van der Waals surface area contributed by atoms with Crippen LogP contribution >= 0.6 is 28.3 Å². The number of nitrogen functional groups attached to an aromatic ring is 1. The minimum atomic E-state index is 0. The first kappa shape index (κ1) is 11.2. The molecule has 0 unspecified atom stereocenters. The summed E-state index contributed by atoms with van der Waals surface area (Å²) in [4.78, 5) is 5.45. The van der Waals surface area contributed by atoms with Crippen molar-refractivity contribution in [2.75, 3.05) is 5.73 Å². The number of thiazole rings is 1. The average molecular weight is 271 g/mol. The summed E-state index contributed by atoms with van der Waals surface area (Å²) in [7, 11) is 0. The molecule has 0 aliphatic carbocycles. The maximum absolute atomic E-state index is 5.62. The number of nitrogens with zero attached hydrogens (tertiary/aromatic N) is 1. The molecule has 1 aromatic heterocycles. The van der Waals surface area contributed by atoms with Crippen LogP contribution in [0.1, 0.15) is 4.88 Å². The standard InChI is InChI=1S/C10H10N2S.BrH/c1-7-9(12-10(11)13-7)8-5-3-2-4-6-8;/h2-6H,1H3,(H2,11,12);1H. The smallest absolute Gasteiger partial charge is 0.180 e. The van der Waals surface area contributed by atoms with Crippen LogP contribution in [0.25, 0.3) is 11.3 Å². The molecule has 2 aromatic rings.